The first-order valence-electron chi connectivity index (χ1n) is 4.97. The highest BCUT2D eigenvalue weighted by atomic mass is 35.5. The lowest BCUT2D eigenvalue weighted by Gasteiger charge is -2.08. The molecule has 0 aliphatic heterocycles. The predicted molar refractivity (Wildman–Crippen MR) is 68.8 cm³/mol. The van der Waals surface area contributed by atoms with E-state index in [0.29, 0.717) is 21.2 Å². The number of carboxylic acids is 1. The fourth-order valence-corrected chi connectivity index (χ4v) is 2.01. The van der Waals surface area contributed by atoms with Crippen LogP contribution in [0.1, 0.15) is 10.4 Å². The van der Waals surface area contributed by atoms with E-state index in [4.69, 9.17) is 28.3 Å². The minimum atomic E-state index is -1.08. The molecule has 0 saturated heterocycles. The molecule has 0 aromatic heterocycles. The molecule has 2 aromatic carbocycles. The molecule has 0 amide bonds. The number of hydrogen-bond donors (Lipinski definition) is 1. The average Bonchev–Trinajstić information content (AvgIpc) is 2.33. The Morgan fingerprint density at radius 1 is 1.00 bits per heavy atom. The Labute approximate surface area is 113 Å². The molecule has 2 rings (SSSR count). The van der Waals surface area contributed by atoms with Crippen molar-refractivity contribution in [3.05, 3.63) is 57.8 Å². The smallest absolute Gasteiger partial charge is 0.335 e. The normalized spacial score (nSPS) is 10.4. The third kappa shape index (κ3) is 2.47. The van der Waals surface area contributed by atoms with Gasteiger partial charge in [0.15, 0.2) is 0 Å². The van der Waals surface area contributed by atoms with Crippen LogP contribution in [0.3, 0.4) is 0 Å². The van der Waals surface area contributed by atoms with Gasteiger partial charge in [-0.05, 0) is 36.4 Å². The third-order valence-electron chi connectivity index (χ3n) is 2.43. The van der Waals surface area contributed by atoms with Gasteiger partial charge in [0.05, 0.1) is 5.56 Å². The molecule has 0 aliphatic carbocycles. The Balaban J connectivity index is 2.66. The van der Waals surface area contributed by atoms with E-state index in [-0.39, 0.29) is 5.56 Å². The molecule has 18 heavy (non-hydrogen) atoms. The number of rotatable bonds is 2. The highest BCUT2D eigenvalue weighted by molar-refractivity contribution is 6.36. The van der Waals surface area contributed by atoms with Gasteiger partial charge in [0.1, 0.15) is 5.82 Å². The van der Waals surface area contributed by atoms with Crippen molar-refractivity contribution < 1.29 is 14.3 Å². The lowest BCUT2D eigenvalue weighted by molar-refractivity contribution is 0.0697. The standard InChI is InChI=1S/C13H7Cl2FO2/c14-11-3-1-7(13(17)18)5-9(11)10-6-8(16)2-4-12(10)15/h1-6H,(H,17,18). The van der Waals surface area contributed by atoms with Crippen LogP contribution in [0.25, 0.3) is 11.1 Å². The third-order valence-corrected chi connectivity index (χ3v) is 3.09. The number of aromatic carboxylic acids is 1. The molecule has 2 nitrogen and oxygen atoms in total. The van der Waals surface area contributed by atoms with Gasteiger partial charge in [-0.1, -0.05) is 23.2 Å². The summed E-state index contributed by atoms with van der Waals surface area (Å²) in [4.78, 5) is 10.9. The van der Waals surface area contributed by atoms with E-state index in [0.717, 1.165) is 0 Å². The summed E-state index contributed by atoms with van der Waals surface area (Å²) in [5.41, 5.74) is 0.820. The minimum Gasteiger partial charge on any atom is -0.478 e. The lowest BCUT2D eigenvalue weighted by Crippen LogP contribution is -1.96. The molecule has 1 N–H and O–H groups in total. The summed E-state index contributed by atoms with van der Waals surface area (Å²) in [5, 5.41) is 9.54. The fraction of sp³-hybridized carbons (Fsp3) is 0. The topological polar surface area (TPSA) is 37.3 Å². The van der Waals surface area contributed by atoms with E-state index < -0.39 is 11.8 Å². The van der Waals surface area contributed by atoms with Crippen molar-refractivity contribution >= 4 is 29.2 Å². The number of benzene rings is 2. The molecule has 0 spiro atoms. The molecule has 0 bridgehead atoms. The van der Waals surface area contributed by atoms with Gasteiger partial charge in [-0.2, -0.15) is 0 Å². The van der Waals surface area contributed by atoms with Crippen molar-refractivity contribution in [2.24, 2.45) is 0 Å². The van der Waals surface area contributed by atoms with E-state index in [1.807, 2.05) is 0 Å². The number of hydrogen-bond acceptors (Lipinski definition) is 1. The van der Waals surface area contributed by atoms with Crippen LogP contribution in [0.5, 0.6) is 0 Å². The SMILES string of the molecule is O=C(O)c1ccc(Cl)c(-c2cc(F)ccc2Cl)c1. The van der Waals surface area contributed by atoms with Crippen molar-refractivity contribution in [1.29, 1.82) is 0 Å². The molecule has 0 unspecified atom stereocenters. The molecule has 0 fully saturated rings. The van der Waals surface area contributed by atoms with Crippen molar-refractivity contribution in [2.45, 2.75) is 0 Å². The monoisotopic (exact) mass is 284 g/mol. The van der Waals surface area contributed by atoms with Crippen molar-refractivity contribution in [2.75, 3.05) is 0 Å². The summed E-state index contributed by atoms with van der Waals surface area (Å²) in [6.45, 7) is 0. The van der Waals surface area contributed by atoms with Gasteiger partial charge in [-0.3, -0.25) is 0 Å². The second kappa shape index (κ2) is 4.96. The zero-order valence-corrected chi connectivity index (χ0v) is 10.5. The van der Waals surface area contributed by atoms with Gasteiger partial charge in [-0.25, -0.2) is 9.18 Å². The molecule has 5 heteroatoms. The molecular formula is C13H7Cl2FO2. The Kier molecular flexibility index (Phi) is 3.55. The van der Waals surface area contributed by atoms with Gasteiger partial charge < -0.3 is 5.11 Å². The second-order valence-electron chi connectivity index (χ2n) is 3.62. The Hall–Kier alpha value is -1.58. The highest BCUT2D eigenvalue weighted by Gasteiger charge is 2.12. The molecule has 2 aromatic rings. The van der Waals surface area contributed by atoms with Gasteiger partial charge in [0.2, 0.25) is 0 Å². The molecule has 0 saturated carbocycles. The van der Waals surface area contributed by atoms with E-state index >= 15 is 0 Å². The highest BCUT2D eigenvalue weighted by Crippen LogP contribution is 2.34. The van der Waals surface area contributed by atoms with Crippen LogP contribution in [0.2, 0.25) is 10.0 Å². The number of carbonyl (C=O) groups is 1. The molecule has 0 aliphatic rings. The Morgan fingerprint density at radius 3 is 2.17 bits per heavy atom. The van der Waals surface area contributed by atoms with Gasteiger partial charge in [-0.15, -0.1) is 0 Å². The first kappa shape index (κ1) is 12.9. The van der Waals surface area contributed by atoms with Crippen LogP contribution in [0, 0.1) is 5.82 Å². The number of carboxylic acid groups (broad SMARTS) is 1. The van der Waals surface area contributed by atoms with Crippen LogP contribution in [-0.2, 0) is 0 Å². The van der Waals surface area contributed by atoms with E-state index in [1.165, 1.54) is 36.4 Å². The summed E-state index contributed by atoms with van der Waals surface area (Å²) < 4.78 is 13.2. The first-order chi connectivity index (χ1) is 8.49. The number of halogens is 3. The average molecular weight is 285 g/mol. The Bertz CT molecular complexity index is 626. The summed E-state index contributed by atoms with van der Waals surface area (Å²) in [5.74, 6) is -1.55. The summed E-state index contributed by atoms with van der Waals surface area (Å²) in [7, 11) is 0. The van der Waals surface area contributed by atoms with Gasteiger partial charge >= 0.3 is 5.97 Å². The largest absolute Gasteiger partial charge is 0.478 e. The van der Waals surface area contributed by atoms with E-state index in [2.05, 4.69) is 0 Å². The molecular weight excluding hydrogens is 278 g/mol. The zero-order valence-electron chi connectivity index (χ0n) is 8.95. The van der Waals surface area contributed by atoms with Crippen molar-refractivity contribution in [3.63, 3.8) is 0 Å². The first-order valence-corrected chi connectivity index (χ1v) is 5.73. The maximum Gasteiger partial charge on any atom is 0.335 e. The van der Waals surface area contributed by atoms with Crippen LogP contribution < -0.4 is 0 Å². The summed E-state index contributed by atoms with van der Waals surface area (Å²) in [6.07, 6.45) is 0. The van der Waals surface area contributed by atoms with Crippen molar-refractivity contribution in [3.8, 4) is 11.1 Å². The van der Waals surface area contributed by atoms with E-state index in [9.17, 15) is 9.18 Å². The van der Waals surface area contributed by atoms with E-state index in [1.54, 1.807) is 0 Å². The van der Waals surface area contributed by atoms with Crippen LogP contribution >= 0.6 is 23.2 Å². The predicted octanol–water partition coefficient (Wildman–Crippen LogP) is 4.50. The molecule has 0 heterocycles. The van der Waals surface area contributed by atoms with Gasteiger partial charge in [0.25, 0.3) is 0 Å². The van der Waals surface area contributed by atoms with Gasteiger partial charge in [0, 0.05) is 21.2 Å². The minimum absolute atomic E-state index is 0.0646. The Morgan fingerprint density at radius 2 is 1.56 bits per heavy atom. The molecule has 92 valence electrons. The lowest BCUT2D eigenvalue weighted by atomic mass is 10.0. The van der Waals surface area contributed by atoms with Crippen LogP contribution in [0.15, 0.2) is 36.4 Å². The molecule has 0 atom stereocenters. The quantitative estimate of drug-likeness (QED) is 0.882. The maximum atomic E-state index is 13.2. The maximum absolute atomic E-state index is 13.2. The summed E-state index contributed by atoms with van der Waals surface area (Å²) in [6, 6.07) is 8.03. The molecule has 0 radical (unpaired) electrons. The van der Waals surface area contributed by atoms with Crippen LogP contribution in [-0.4, -0.2) is 11.1 Å². The van der Waals surface area contributed by atoms with Crippen LogP contribution in [0.4, 0.5) is 4.39 Å². The summed E-state index contributed by atoms with van der Waals surface area (Å²) >= 11 is 11.9. The zero-order chi connectivity index (χ0) is 13.3. The fourth-order valence-electron chi connectivity index (χ4n) is 1.57. The second-order valence-corrected chi connectivity index (χ2v) is 4.44. The van der Waals surface area contributed by atoms with Crippen molar-refractivity contribution in [1.82, 2.24) is 0 Å².